The van der Waals surface area contributed by atoms with Crippen molar-refractivity contribution in [3.8, 4) is 5.75 Å². The maximum absolute atomic E-state index is 13.6. The number of hydrogen-bond acceptors (Lipinski definition) is 8. The van der Waals surface area contributed by atoms with Crippen molar-refractivity contribution in [2.45, 2.75) is 29.7 Å². The van der Waals surface area contributed by atoms with Gasteiger partial charge < -0.3 is 9.84 Å². The first kappa shape index (κ1) is 30.4. The number of aliphatic hydroxyl groups is 1. The third kappa shape index (κ3) is 6.27. The third-order valence-electron chi connectivity index (χ3n) is 8.01. The minimum absolute atomic E-state index is 0.00483. The van der Waals surface area contributed by atoms with Crippen LogP contribution in [0.25, 0.3) is 16.5 Å². The lowest BCUT2D eigenvalue weighted by Gasteiger charge is -2.22. The molecule has 1 unspecified atom stereocenters. The van der Waals surface area contributed by atoms with Crippen molar-refractivity contribution in [2.24, 2.45) is 0 Å². The van der Waals surface area contributed by atoms with Crippen molar-refractivity contribution in [1.29, 1.82) is 0 Å². The van der Waals surface area contributed by atoms with Gasteiger partial charge in [0.05, 0.1) is 11.6 Å². The van der Waals surface area contributed by atoms with Crippen molar-refractivity contribution in [2.75, 3.05) is 4.90 Å². The van der Waals surface area contributed by atoms with Crippen LogP contribution in [0.4, 0.5) is 5.13 Å². The zero-order valence-corrected chi connectivity index (χ0v) is 27.0. The monoisotopic (exact) mass is 655 g/mol. The number of hydrogen-bond donors (Lipinski definition) is 1. The number of carbonyl (C=O) groups is 2. The van der Waals surface area contributed by atoms with E-state index in [1.54, 1.807) is 24.3 Å². The molecular formula is C38H29N3O4S2. The number of carbonyl (C=O) groups excluding carboxylic acids is 2. The molecule has 1 aliphatic rings. The van der Waals surface area contributed by atoms with Crippen LogP contribution in [-0.4, -0.2) is 27.0 Å². The summed E-state index contributed by atoms with van der Waals surface area (Å²) in [6.07, 6.45) is 0. The number of nitrogens with zero attached hydrogens (tertiary/aromatic N) is 3. The summed E-state index contributed by atoms with van der Waals surface area (Å²) in [6.45, 7) is 2.43. The molecule has 6 aromatic rings. The Morgan fingerprint density at radius 3 is 2.43 bits per heavy atom. The highest BCUT2D eigenvalue weighted by atomic mass is 32.2. The van der Waals surface area contributed by atoms with Gasteiger partial charge in [0.15, 0.2) is 4.34 Å². The summed E-state index contributed by atoms with van der Waals surface area (Å²) in [5, 5.41) is 22.9. The number of ether oxygens (including phenoxy) is 1. The van der Waals surface area contributed by atoms with Crippen LogP contribution in [-0.2, 0) is 21.9 Å². The molecule has 9 heteroatoms. The number of Topliss-reactive ketones (excluding diaryl/α,β-unsaturated/α-hetero) is 1. The second-order valence-corrected chi connectivity index (χ2v) is 13.3. The van der Waals surface area contributed by atoms with Crippen molar-refractivity contribution in [3.63, 3.8) is 0 Å². The molecule has 0 spiro atoms. The molecule has 1 aromatic heterocycles. The van der Waals surface area contributed by atoms with Crippen molar-refractivity contribution >= 4 is 56.5 Å². The molecule has 1 amide bonds. The molecule has 0 bridgehead atoms. The maximum Gasteiger partial charge on any atom is 0.301 e. The molecule has 1 aliphatic heterocycles. The van der Waals surface area contributed by atoms with Gasteiger partial charge in [-0.2, -0.15) is 0 Å². The van der Waals surface area contributed by atoms with Gasteiger partial charge in [0.1, 0.15) is 18.1 Å². The van der Waals surface area contributed by atoms with Crippen LogP contribution in [0.15, 0.2) is 131 Å². The quantitative estimate of drug-likeness (QED) is 0.0549. The lowest BCUT2D eigenvalue weighted by atomic mass is 9.95. The Morgan fingerprint density at radius 1 is 0.872 bits per heavy atom. The predicted molar refractivity (Wildman–Crippen MR) is 187 cm³/mol. The molecule has 1 saturated heterocycles. The second kappa shape index (κ2) is 13.2. The Morgan fingerprint density at radius 2 is 1.62 bits per heavy atom. The first-order valence-corrected chi connectivity index (χ1v) is 16.8. The van der Waals surface area contributed by atoms with E-state index in [1.807, 2.05) is 73.7 Å². The fourth-order valence-corrected chi connectivity index (χ4v) is 7.60. The SMILES string of the molecule is Cc1cccc(COc2ccc(C(O)=C3C(=O)C(=O)N(c4nnc(SCc5cccc6ccccc56)s4)C3c3ccccc3)cc2)c1. The average Bonchev–Trinajstić information content (AvgIpc) is 3.68. The van der Waals surface area contributed by atoms with Gasteiger partial charge >= 0.3 is 5.91 Å². The zero-order chi connectivity index (χ0) is 32.3. The molecule has 1 fully saturated rings. The standard InChI is InChI=1S/C38H29N3O4S2/c1-24-9-7-10-25(21-24)22-45-30-19-17-28(18-20-30)34(42)32-33(27-12-3-2-4-13-27)41(36(44)35(32)43)37-39-40-38(47-37)46-23-29-15-8-14-26-11-5-6-16-31(26)29/h2-21,33,42H,22-23H2,1H3. The van der Waals surface area contributed by atoms with Gasteiger partial charge in [0.25, 0.3) is 5.78 Å². The minimum atomic E-state index is -0.877. The normalized spacial score (nSPS) is 15.8. The number of aliphatic hydroxyl groups excluding tert-OH is 1. The molecule has 5 aromatic carbocycles. The first-order chi connectivity index (χ1) is 23.0. The number of amides is 1. The summed E-state index contributed by atoms with van der Waals surface area (Å²) >= 11 is 2.77. The lowest BCUT2D eigenvalue weighted by molar-refractivity contribution is -0.132. The van der Waals surface area contributed by atoms with Crippen LogP contribution in [0.2, 0.25) is 0 Å². The van der Waals surface area contributed by atoms with E-state index in [0.29, 0.717) is 38.7 Å². The summed E-state index contributed by atoms with van der Waals surface area (Å²) in [7, 11) is 0. The number of ketones is 1. The van der Waals surface area contributed by atoms with Crippen molar-refractivity contribution < 1.29 is 19.4 Å². The fraction of sp³-hybridized carbons (Fsp3) is 0.105. The Balaban J connectivity index is 1.16. The molecule has 2 heterocycles. The van der Waals surface area contributed by atoms with Gasteiger partial charge in [-0.05, 0) is 58.7 Å². The molecule has 1 atom stereocenters. The van der Waals surface area contributed by atoms with Crippen LogP contribution in [0, 0.1) is 6.92 Å². The number of aromatic nitrogens is 2. The molecule has 232 valence electrons. The first-order valence-electron chi connectivity index (χ1n) is 15.0. The molecule has 1 N–H and O–H groups in total. The van der Waals surface area contributed by atoms with E-state index in [2.05, 4.69) is 40.5 Å². The molecule has 0 aliphatic carbocycles. The topological polar surface area (TPSA) is 92.6 Å². The highest BCUT2D eigenvalue weighted by Crippen LogP contribution is 2.44. The average molecular weight is 656 g/mol. The van der Waals surface area contributed by atoms with Gasteiger partial charge in [-0.15, -0.1) is 10.2 Å². The molecule has 7 nitrogen and oxygen atoms in total. The Labute approximate surface area is 280 Å². The largest absolute Gasteiger partial charge is 0.507 e. The number of fused-ring (bicyclic) bond motifs is 1. The van der Waals surface area contributed by atoms with Gasteiger partial charge in [-0.3, -0.25) is 14.5 Å². The summed E-state index contributed by atoms with van der Waals surface area (Å²) in [5.41, 5.74) is 4.44. The maximum atomic E-state index is 13.6. The van der Waals surface area contributed by atoms with Crippen LogP contribution >= 0.6 is 23.1 Å². The smallest absolute Gasteiger partial charge is 0.301 e. The van der Waals surface area contributed by atoms with Crippen LogP contribution < -0.4 is 9.64 Å². The Bertz CT molecular complexity index is 2120. The van der Waals surface area contributed by atoms with Crippen molar-refractivity contribution in [1.82, 2.24) is 10.2 Å². The number of benzene rings is 5. The van der Waals surface area contributed by atoms with E-state index in [-0.39, 0.29) is 11.3 Å². The molecule has 47 heavy (non-hydrogen) atoms. The molecule has 0 saturated carbocycles. The van der Waals surface area contributed by atoms with Crippen LogP contribution in [0.1, 0.15) is 33.9 Å². The molecule has 7 rings (SSSR count). The zero-order valence-electron chi connectivity index (χ0n) is 25.4. The fourth-order valence-electron chi connectivity index (χ4n) is 5.73. The molecule has 0 radical (unpaired) electrons. The molecular weight excluding hydrogens is 627 g/mol. The highest BCUT2D eigenvalue weighted by Gasteiger charge is 2.48. The number of anilines is 1. The van der Waals surface area contributed by atoms with E-state index in [9.17, 15) is 14.7 Å². The number of aryl methyl sites for hydroxylation is 1. The summed E-state index contributed by atoms with van der Waals surface area (Å²) in [5.74, 6) is -0.524. The van der Waals surface area contributed by atoms with Gasteiger partial charge in [-0.1, -0.05) is 126 Å². The van der Waals surface area contributed by atoms with Crippen LogP contribution in [0.5, 0.6) is 5.75 Å². The van der Waals surface area contributed by atoms with Gasteiger partial charge in [0.2, 0.25) is 5.13 Å². The number of rotatable bonds is 9. The summed E-state index contributed by atoms with van der Waals surface area (Å²) in [4.78, 5) is 28.6. The predicted octanol–water partition coefficient (Wildman–Crippen LogP) is 8.50. The minimum Gasteiger partial charge on any atom is -0.507 e. The summed E-state index contributed by atoms with van der Waals surface area (Å²) < 4.78 is 6.61. The van der Waals surface area contributed by atoms with Gasteiger partial charge in [-0.25, -0.2) is 0 Å². The van der Waals surface area contributed by atoms with E-state index < -0.39 is 17.7 Å². The van der Waals surface area contributed by atoms with E-state index in [1.165, 1.54) is 44.3 Å². The second-order valence-electron chi connectivity index (χ2n) is 11.2. The highest BCUT2D eigenvalue weighted by molar-refractivity contribution is 8.00. The number of thioether (sulfide) groups is 1. The Hall–Kier alpha value is -5.25. The third-order valence-corrected chi connectivity index (χ3v) is 10.1. The van der Waals surface area contributed by atoms with Crippen molar-refractivity contribution in [3.05, 3.63) is 155 Å². The van der Waals surface area contributed by atoms with Gasteiger partial charge in [0, 0.05) is 11.3 Å². The Kier molecular flexibility index (Phi) is 8.56. The van der Waals surface area contributed by atoms with Crippen LogP contribution in [0.3, 0.4) is 0 Å². The van der Waals surface area contributed by atoms with E-state index >= 15 is 0 Å². The lowest BCUT2D eigenvalue weighted by Crippen LogP contribution is -2.29. The van der Waals surface area contributed by atoms with E-state index in [0.717, 1.165) is 11.1 Å². The summed E-state index contributed by atoms with van der Waals surface area (Å²) in [6, 6.07) is 37.7. The van der Waals surface area contributed by atoms with E-state index in [4.69, 9.17) is 4.74 Å².